The van der Waals surface area contributed by atoms with Gasteiger partial charge < -0.3 is 0 Å². The van der Waals surface area contributed by atoms with E-state index in [1.165, 1.54) is 0 Å². The quantitative estimate of drug-likeness (QED) is 0.636. The second kappa shape index (κ2) is 7.10. The zero-order chi connectivity index (χ0) is 19.0. The van der Waals surface area contributed by atoms with E-state index < -0.39 is 5.92 Å². The number of rotatable bonds is 4. The highest BCUT2D eigenvalue weighted by Crippen LogP contribution is 2.31. The molecular weight excluding hydrogens is 404 g/mol. The third kappa shape index (κ3) is 3.20. The van der Waals surface area contributed by atoms with Crippen LogP contribution in [0, 0.1) is 11.3 Å². The summed E-state index contributed by atoms with van der Waals surface area (Å²) in [6.07, 6.45) is 1.59. The van der Waals surface area contributed by atoms with Gasteiger partial charge in [0.2, 0.25) is 0 Å². The molecule has 0 aliphatic carbocycles. The molecule has 0 fully saturated rings. The van der Waals surface area contributed by atoms with Crippen LogP contribution in [0.15, 0.2) is 64.7 Å². The molecule has 0 unspecified atom stereocenters. The lowest BCUT2D eigenvalue weighted by molar-refractivity contribution is 0.0963. The number of likely N-dealkylation sites (N-methyl/N-ethyl adjacent to an activating group) is 1. The predicted octanol–water partition coefficient (Wildman–Crippen LogP) is 4.12. The maximum Gasteiger partial charge on any atom is 0.256 e. The highest BCUT2D eigenvalue weighted by atomic mass is 79.9. The van der Waals surface area contributed by atoms with E-state index in [-0.39, 0.29) is 5.91 Å². The lowest BCUT2D eigenvalue weighted by atomic mass is 9.95. The lowest BCUT2D eigenvalue weighted by Gasteiger charge is -2.24. The molecule has 0 bridgehead atoms. The third-order valence-electron chi connectivity index (χ3n) is 4.72. The number of nitriles is 1. The van der Waals surface area contributed by atoms with E-state index >= 15 is 0 Å². The minimum Gasteiger partial charge on any atom is -0.298 e. The summed E-state index contributed by atoms with van der Waals surface area (Å²) in [5, 5.41) is 9.78. The summed E-state index contributed by atoms with van der Waals surface area (Å²) in [7, 11) is 1.98. The molecule has 4 rings (SSSR count). The molecule has 1 aliphatic rings. The summed E-state index contributed by atoms with van der Waals surface area (Å²) in [4.78, 5) is 19.4. The predicted molar refractivity (Wildman–Crippen MR) is 107 cm³/mol. The van der Waals surface area contributed by atoms with Crippen molar-refractivity contribution in [3.05, 3.63) is 76.0 Å². The van der Waals surface area contributed by atoms with Crippen LogP contribution in [0.3, 0.4) is 0 Å². The second-order valence-electron chi connectivity index (χ2n) is 6.68. The number of nitrogens with zero attached hydrogens (tertiary/aromatic N) is 4. The zero-order valence-electron chi connectivity index (χ0n) is 14.8. The molecule has 27 heavy (non-hydrogen) atoms. The topological polar surface area (TPSA) is 61.9 Å². The van der Waals surface area contributed by atoms with Crippen LogP contribution in [0.2, 0.25) is 0 Å². The largest absolute Gasteiger partial charge is 0.298 e. The van der Waals surface area contributed by atoms with Gasteiger partial charge in [0.1, 0.15) is 11.7 Å². The average Bonchev–Trinajstić information content (AvgIpc) is 3.03. The first-order valence-electron chi connectivity index (χ1n) is 8.62. The van der Waals surface area contributed by atoms with Gasteiger partial charge >= 0.3 is 0 Å². The molecule has 0 saturated heterocycles. The van der Waals surface area contributed by atoms with Crippen LogP contribution in [-0.2, 0) is 6.54 Å². The molecule has 6 heteroatoms. The Balaban J connectivity index is 1.63. The van der Waals surface area contributed by atoms with E-state index in [4.69, 9.17) is 0 Å². The van der Waals surface area contributed by atoms with Crippen LogP contribution in [0.25, 0.3) is 11.0 Å². The van der Waals surface area contributed by atoms with E-state index in [0.29, 0.717) is 18.9 Å². The molecule has 2 heterocycles. The van der Waals surface area contributed by atoms with E-state index in [9.17, 15) is 10.1 Å². The maximum absolute atomic E-state index is 12.7. The van der Waals surface area contributed by atoms with Gasteiger partial charge in [-0.05, 0) is 36.4 Å². The van der Waals surface area contributed by atoms with Gasteiger partial charge in [-0.2, -0.15) is 5.26 Å². The van der Waals surface area contributed by atoms with Gasteiger partial charge in [0, 0.05) is 23.6 Å². The Morgan fingerprint density at radius 3 is 2.70 bits per heavy atom. The molecule has 3 aromatic rings. The number of carbonyl (C=O) groups is 1. The first kappa shape index (κ1) is 17.7. The highest BCUT2D eigenvalue weighted by molar-refractivity contribution is 9.10. The standard InChI is InChI=1S/C21H17BrN4O/c1-25(12-14-6-2-3-7-17(14)22)13-15-10-20(27)26-19-9-5-4-8-18(19)24-21(26)16(15)11-23/h2-10,16H,12-13H2,1H3/t16-/m1/s1. The first-order chi connectivity index (χ1) is 13.1. The number of aromatic nitrogens is 2. The van der Waals surface area contributed by atoms with Crippen molar-refractivity contribution in [3.63, 3.8) is 0 Å². The number of fused-ring (bicyclic) bond motifs is 3. The van der Waals surface area contributed by atoms with Crippen LogP contribution >= 0.6 is 15.9 Å². The van der Waals surface area contributed by atoms with Gasteiger partial charge in [-0.15, -0.1) is 0 Å². The van der Waals surface area contributed by atoms with Crippen molar-refractivity contribution < 1.29 is 4.79 Å². The van der Waals surface area contributed by atoms with Gasteiger partial charge in [-0.1, -0.05) is 46.3 Å². The van der Waals surface area contributed by atoms with Gasteiger partial charge in [-0.25, -0.2) is 4.98 Å². The summed E-state index contributed by atoms with van der Waals surface area (Å²) < 4.78 is 2.60. The van der Waals surface area contributed by atoms with Crippen molar-refractivity contribution in [2.45, 2.75) is 12.5 Å². The Bertz CT molecular complexity index is 1110. The molecule has 1 aliphatic heterocycles. The summed E-state index contributed by atoms with van der Waals surface area (Å²) in [6, 6.07) is 17.8. The van der Waals surface area contributed by atoms with E-state index in [2.05, 4.69) is 37.9 Å². The number of para-hydroxylation sites is 2. The monoisotopic (exact) mass is 420 g/mol. The van der Waals surface area contributed by atoms with Crippen LogP contribution in [-0.4, -0.2) is 34.0 Å². The van der Waals surface area contributed by atoms with Gasteiger partial charge in [0.15, 0.2) is 0 Å². The Kier molecular flexibility index (Phi) is 4.65. The van der Waals surface area contributed by atoms with Gasteiger partial charge in [0.25, 0.3) is 5.91 Å². The third-order valence-corrected chi connectivity index (χ3v) is 5.50. The molecule has 0 spiro atoms. The number of hydrogen-bond acceptors (Lipinski definition) is 4. The number of allylic oxidation sites excluding steroid dienone is 1. The number of hydrogen-bond donors (Lipinski definition) is 0. The average molecular weight is 421 g/mol. The molecule has 2 aromatic carbocycles. The van der Waals surface area contributed by atoms with Crippen molar-refractivity contribution in [2.24, 2.45) is 0 Å². The molecule has 134 valence electrons. The molecule has 0 N–H and O–H groups in total. The van der Waals surface area contributed by atoms with Crippen LogP contribution in [0.1, 0.15) is 22.1 Å². The zero-order valence-corrected chi connectivity index (χ0v) is 16.3. The van der Waals surface area contributed by atoms with Crippen LogP contribution in [0.4, 0.5) is 0 Å². The molecule has 0 saturated carbocycles. The minimum absolute atomic E-state index is 0.144. The number of carbonyl (C=O) groups excluding carboxylic acids is 1. The Morgan fingerprint density at radius 2 is 1.93 bits per heavy atom. The fourth-order valence-corrected chi connectivity index (χ4v) is 3.91. The minimum atomic E-state index is -0.531. The van der Waals surface area contributed by atoms with E-state index in [1.54, 1.807) is 10.6 Å². The molecular formula is C21H17BrN4O. The summed E-state index contributed by atoms with van der Waals surface area (Å²) >= 11 is 3.56. The molecule has 1 atom stereocenters. The number of halogens is 1. The molecule has 0 amide bonds. The number of imidazole rings is 1. The molecule has 1 aromatic heterocycles. The van der Waals surface area contributed by atoms with Gasteiger partial charge in [0.05, 0.1) is 17.1 Å². The normalized spacial score (nSPS) is 16.3. The number of benzene rings is 2. The van der Waals surface area contributed by atoms with Crippen molar-refractivity contribution in [1.29, 1.82) is 5.26 Å². The Hall–Kier alpha value is -2.75. The first-order valence-corrected chi connectivity index (χ1v) is 9.41. The van der Waals surface area contributed by atoms with Crippen molar-refractivity contribution in [2.75, 3.05) is 13.6 Å². The van der Waals surface area contributed by atoms with Crippen LogP contribution in [0.5, 0.6) is 0 Å². The smallest absolute Gasteiger partial charge is 0.256 e. The van der Waals surface area contributed by atoms with E-state index in [0.717, 1.165) is 26.6 Å². The Morgan fingerprint density at radius 1 is 1.19 bits per heavy atom. The molecule has 5 nitrogen and oxygen atoms in total. The summed E-state index contributed by atoms with van der Waals surface area (Å²) in [5.74, 6) is -0.165. The van der Waals surface area contributed by atoms with Crippen molar-refractivity contribution in [1.82, 2.24) is 14.5 Å². The van der Waals surface area contributed by atoms with Crippen molar-refractivity contribution in [3.8, 4) is 6.07 Å². The summed E-state index contributed by atoms with van der Waals surface area (Å²) in [5.41, 5.74) is 3.41. The maximum atomic E-state index is 12.7. The summed E-state index contributed by atoms with van der Waals surface area (Å²) in [6.45, 7) is 1.23. The molecule has 0 radical (unpaired) electrons. The van der Waals surface area contributed by atoms with Gasteiger partial charge in [-0.3, -0.25) is 14.3 Å². The highest BCUT2D eigenvalue weighted by Gasteiger charge is 2.31. The Labute approximate surface area is 165 Å². The lowest BCUT2D eigenvalue weighted by Crippen LogP contribution is -2.28. The van der Waals surface area contributed by atoms with Crippen molar-refractivity contribution >= 4 is 32.9 Å². The fourth-order valence-electron chi connectivity index (χ4n) is 3.50. The van der Waals surface area contributed by atoms with E-state index in [1.807, 2.05) is 49.5 Å². The SMILES string of the molecule is CN(CC1=CC(=O)n2c(nc3ccccc32)[C@@H]1C#N)Cc1ccccc1Br. The fraction of sp³-hybridized carbons (Fsp3) is 0.190. The van der Waals surface area contributed by atoms with Crippen LogP contribution < -0.4 is 0 Å². The second-order valence-corrected chi connectivity index (χ2v) is 7.53.